The number of piperidine rings is 1. The van der Waals surface area contributed by atoms with Crippen molar-refractivity contribution in [1.29, 1.82) is 0 Å². The fourth-order valence-corrected chi connectivity index (χ4v) is 2.84. The molecule has 3 atom stereocenters. The number of alkyl halides is 3. The first-order valence-corrected chi connectivity index (χ1v) is 7.42. The van der Waals surface area contributed by atoms with Gasteiger partial charge in [0.1, 0.15) is 0 Å². The van der Waals surface area contributed by atoms with Gasteiger partial charge in [0.2, 0.25) is 0 Å². The summed E-state index contributed by atoms with van der Waals surface area (Å²) in [6.45, 7) is 7.01. The Hall–Kier alpha value is -1.07. The van der Waals surface area contributed by atoms with E-state index in [1.165, 1.54) is 12.1 Å². The van der Waals surface area contributed by atoms with Crippen molar-refractivity contribution >= 4 is 0 Å². The summed E-state index contributed by atoms with van der Waals surface area (Å²) in [5, 5.41) is 0. The van der Waals surface area contributed by atoms with E-state index >= 15 is 0 Å². The van der Waals surface area contributed by atoms with Crippen molar-refractivity contribution in [2.75, 3.05) is 19.6 Å². The zero-order valence-electron chi connectivity index (χ0n) is 12.5. The number of halogens is 3. The average Bonchev–Trinajstić information content (AvgIpc) is 2.42. The van der Waals surface area contributed by atoms with Gasteiger partial charge in [-0.15, -0.1) is 0 Å². The Bertz CT molecular complexity index is 473. The number of benzene rings is 1. The second-order valence-corrected chi connectivity index (χ2v) is 6.23. The first-order valence-electron chi connectivity index (χ1n) is 7.42. The topological polar surface area (TPSA) is 29.3 Å². The molecule has 0 saturated carbocycles. The van der Waals surface area contributed by atoms with Crippen molar-refractivity contribution < 1.29 is 13.2 Å². The Morgan fingerprint density at radius 2 is 2.00 bits per heavy atom. The molecule has 5 heteroatoms. The molecule has 1 fully saturated rings. The second kappa shape index (κ2) is 6.36. The number of likely N-dealkylation sites (tertiary alicyclic amines) is 1. The molecular formula is C16H23F3N2. The number of nitrogens with two attached hydrogens (primary N) is 1. The normalized spacial score (nSPS) is 25.8. The highest BCUT2D eigenvalue weighted by Gasteiger charge is 2.31. The molecule has 1 aliphatic heterocycles. The zero-order chi connectivity index (χ0) is 15.6. The molecule has 2 N–H and O–H groups in total. The molecule has 0 radical (unpaired) electrons. The Morgan fingerprint density at radius 1 is 1.29 bits per heavy atom. The third kappa shape index (κ3) is 4.20. The lowest BCUT2D eigenvalue weighted by atomic mass is 9.88. The van der Waals surface area contributed by atoms with Crippen LogP contribution in [0.3, 0.4) is 0 Å². The number of rotatable bonds is 3. The summed E-state index contributed by atoms with van der Waals surface area (Å²) in [4.78, 5) is 2.26. The molecule has 2 rings (SSSR count). The van der Waals surface area contributed by atoms with E-state index in [9.17, 15) is 13.2 Å². The third-order valence-corrected chi connectivity index (χ3v) is 4.52. The lowest BCUT2D eigenvalue weighted by Crippen LogP contribution is -2.41. The summed E-state index contributed by atoms with van der Waals surface area (Å²) in [7, 11) is 0. The van der Waals surface area contributed by atoms with Gasteiger partial charge in [0, 0.05) is 19.1 Å². The largest absolute Gasteiger partial charge is 0.416 e. The van der Waals surface area contributed by atoms with Crippen LogP contribution in [-0.2, 0) is 6.18 Å². The van der Waals surface area contributed by atoms with E-state index in [0.29, 0.717) is 23.9 Å². The van der Waals surface area contributed by atoms with Crippen LogP contribution in [0.2, 0.25) is 0 Å². The van der Waals surface area contributed by atoms with Gasteiger partial charge < -0.3 is 10.6 Å². The molecule has 1 saturated heterocycles. The molecule has 0 bridgehead atoms. The smallest absolute Gasteiger partial charge is 0.323 e. The van der Waals surface area contributed by atoms with Gasteiger partial charge in [-0.1, -0.05) is 26.0 Å². The summed E-state index contributed by atoms with van der Waals surface area (Å²) in [5.74, 6) is 1.30. The molecule has 1 heterocycles. The van der Waals surface area contributed by atoms with Crippen LogP contribution in [0, 0.1) is 11.8 Å². The van der Waals surface area contributed by atoms with Crippen LogP contribution in [0.1, 0.15) is 37.4 Å². The third-order valence-electron chi connectivity index (χ3n) is 4.52. The van der Waals surface area contributed by atoms with Crippen molar-refractivity contribution in [1.82, 2.24) is 4.90 Å². The molecule has 1 aliphatic rings. The molecule has 1 aromatic carbocycles. The second-order valence-electron chi connectivity index (χ2n) is 6.23. The predicted octanol–water partition coefficient (Wildman–Crippen LogP) is 3.68. The van der Waals surface area contributed by atoms with Gasteiger partial charge >= 0.3 is 6.18 Å². The maximum Gasteiger partial charge on any atom is 0.416 e. The summed E-state index contributed by atoms with van der Waals surface area (Å²) < 4.78 is 38.2. The minimum absolute atomic E-state index is 0.382. The van der Waals surface area contributed by atoms with E-state index in [4.69, 9.17) is 5.73 Å². The van der Waals surface area contributed by atoms with E-state index < -0.39 is 11.7 Å². The van der Waals surface area contributed by atoms with Crippen LogP contribution in [-0.4, -0.2) is 24.5 Å². The van der Waals surface area contributed by atoms with Gasteiger partial charge in [-0.05, 0) is 42.5 Å². The highest BCUT2D eigenvalue weighted by atomic mass is 19.4. The van der Waals surface area contributed by atoms with Crippen molar-refractivity contribution in [2.45, 2.75) is 32.5 Å². The summed E-state index contributed by atoms with van der Waals surface area (Å²) in [6, 6.07) is 4.98. The van der Waals surface area contributed by atoms with Crippen LogP contribution in [0.4, 0.5) is 13.2 Å². The Morgan fingerprint density at radius 3 is 2.62 bits per heavy atom. The van der Waals surface area contributed by atoms with Crippen LogP contribution < -0.4 is 5.73 Å². The molecule has 1 aromatic rings. The lowest BCUT2D eigenvalue weighted by Gasteiger charge is -2.36. The fraction of sp³-hybridized carbons (Fsp3) is 0.625. The molecule has 2 nitrogen and oxygen atoms in total. The first kappa shape index (κ1) is 16.3. The van der Waals surface area contributed by atoms with Gasteiger partial charge in [0.15, 0.2) is 0 Å². The van der Waals surface area contributed by atoms with E-state index in [0.717, 1.165) is 25.6 Å². The molecule has 0 aliphatic carbocycles. The zero-order valence-corrected chi connectivity index (χ0v) is 12.5. The van der Waals surface area contributed by atoms with Gasteiger partial charge in [-0.25, -0.2) is 0 Å². The van der Waals surface area contributed by atoms with Gasteiger partial charge in [0.05, 0.1) is 5.56 Å². The molecule has 21 heavy (non-hydrogen) atoms. The Balaban J connectivity index is 2.02. The minimum atomic E-state index is -4.31. The summed E-state index contributed by atoms with van der Waals surface area (Å²) in [6.07, 6.45) is -3.19. The molecule has 118 valence electrons. The maximum absolute atomic E-state index is 12.7. The Labute approximate surface area is 124 Å². The van der Waals surface area contributed by atoms with E-state index in [-0.39, 0.29) is 6.04 Å². The molecule has 3 unspecified atom stereocenters. The van der Waals surface area contributed by atoms with Gasteiger partial charge in [-0.3, -0.25) is 0 Å². The molecule has 0 aromatic heterocycles. The number of hydrogen-bond acceptors (Lipinski definition) is 2. The number of nitrogens with zero attached hydrogens (tertiary/aromatic N) is 1. The van der Waals surface area contributed by atoms with Crippen LogP contribution in [0.5, 0.6) is 0 Å². The quantitative estimate of drug-likeness (QED) is 0.922. The highest BCUT2D eigenvalue weighted by molar-refractivity contribution is 5.28. The predicted molar refractivity (Wildman–Crippen MR) is 77.8 cm³/mol. The highest BCUT2D eigenvalue weighted by Crippen LogP contribution is 2.31. The monoisotopic (exact) mass is 300 g/mol. The standard InChI is InChI=1S/C16H23F3N2/c1-11-6-7-21(9-12(11)2)10-15(20)13-4-3-5-14(8-13)16(17,18)19/h3-5,8,11-12,15H,6-7,9-10,20H2,1-2H3. The van der Waals surface area contributed by atoms with E-state index in [2.05, 4.69) is 18.7 Å². The van der Waals surface area contributed by atoms with E-state index in [1.807, 2.05) is 0 Å². The fourth-order valence-electron chi connectivity index (χ4n) is 2.84. The maximum atomic E-state index is 12.7. The van der Waals surface area contributed by atoms with Crippen LogP contribution in [0.15, 0.2) is 24.3 Å². The van der Waals surface area contributed by atoms with Crippen molar-refractivity contribution in [3.63, 3.8) is 0 Å². The molecular weight excluding hydrogens is 277 g/mol. The van der Waals surface area contributed by atoms with Crippen molar-refractivity contribution in [3.05, 3.63) is 35.4 Å². The number of hydrogen-bond donors (Lipinski definition) is 1. The first-order chi connectivity index (χ1) is 9.77. The Kier molecular flexibility index (Phi) is 4.94. The minimum Gasteiger partial charge on any atom is -0.323 e. The molecule has 0 amide bonds. The summed E-state index contributed by atoms with van der Waals surface area (Å²) >= 11 is 0. The van der Waals surface area contributed by atoms with Crippen LogP contribution >= 0.6 is 0 Å². The molecule has 0 spiro atoms. The van der Waals surface area contributed by atoms with Crippen molar-refractivity contribution in [3.8, 4) is 0 Å². The van der Waals surface area contributed by atoms with Gasteiger partial charge in [-0.2, -0.15) is 13.2 Å². The summed E-state index contributed by atoms with van der Waals surface area (Å²) in [5.41, 5.74) is 6.03. The van der Waals surface area contributed by atoms with E-state index in [1.54, 1.807) is 6.07 Å². The van der Waals surface area contributed by atoms with Crippen LogP contribution in [0.25, 0.3) is 0 Å². The van der Waals surface area contributed by atoms with Crippen molar-refractivity contribution in [2.24, 2.45) is 17.6 Å². The average molecular weight is 300 g/mol. The van der Waals surface area contributed by atoms with Gasteiger partial charge in [0.25, 0.3) is 0 Å². The lowest BCUT2D eigenvalue weighted by molar-refractivity contribution is -0.137. The SMILES string of the molecule is CC1CCN(CC(N)c2cccc(C(F)(F)F)c2)CC1C.